The van der Waals surface area contributed by atoms with Gasteiger partial charge < -0.3 is 14.8 Å². The Morgan fingerprint density at radius 3 is 2.84 bits per heavy atom. The van der Waals surface area contributed by atoms with Gasteiger partial charge in [-0.3, -0.25) is 0 Å². The zero-order valence-corrected chi connectivity index (χ0v) is 12.3. The normalized spacial score (nSPS) is 25.8. The Labute approximate surface area is 117 Å². The monoisotopic (exact) mass is 267 g/mol. The van der Waals surface area contributed by atoms with Gasteiger partial charge in [0.2, 0.25) is 0 Å². The molecule has 3 nitrogen and oxygen atoms in total. The summed E-state index contributed by atoms with van der Waals surface area (Å²) in [4.78, 5) is 0. The van der Waals surface area contributed by atoms with Crippen molar-refractivity contribution in [3.05, 3.63) is 12.2 Å². The number of rotatable bonds is 8. The topological polar surface area (TPSA) is 30.5 Å². The minimum atomic E-state index is 0.292. The van der Waals surface area contributed by atoms with Crippen molar-refractivity contribution >= 4 is 0 Å². The van der Waals surface area contributed by atoms with Crippen molar-refractivity contribution in [3.63, 3.8) is 0 Å². The molecule has 110 valence electrons. The largest absolute Gasteiger partial charge is 0.383 e. The van der Waals surface area contributed by atoms with Gasteiger partial charge in [-0.25, -0.2) is 0 Å². The van der Waals surface area contributed by atoms with Crippen LogP contribution in [0, 0.1) is 0 Å². The second-order valence-electron chi connectivity index (χ2n) is 5.91. The highest BCUT2D eigenvalue weighted by Gasteiger charge is 2.41. The van der Waals surface area contributed by atoms with Crippen LogP contribution in [-0.4, -0.2) is 38.5 Å². The highest BCUT2D eigenvalue weighted by Crippen LogP contribution is 2.43. The fourth-order valence-corrected chi connectivity index (χ4v) is 3.30. The predicted octanol–water partition coefficient (Wildman–Crippen LogP) is 3.05. The van der Waals surface area contributed by atoms with Crippen LogP contribution in [0.1, 0.15) is 51.4 Å². The molecule has 1 spiro atoms. The zero-order valence-electron chi connectivity index (χ0n) is 12.3. The first-order valence-electron chi connectivity index (χ1n) is 7.87. The van der Waals surface area contributed by atoms with Crippen LogP contribution < -0.4 is 5.32 Å². The van der Waals surface area contributed by atoms with Crippen LogP contribution in [-0.2, 0) is 9.47 Å². The lowest BCUT2D eigenvalue weighted by molar-refractivity contribution is -0.0345. The molecule has 3 heteroatoms. The van der Waals surface area contributed by atoms with Gasteiger partial charge in [0.1, 0.15) is 0 Å². The molecule has 1 atom stereocenters. The van der Waals surface area contributed by atoms with E-state index in [1.807, 2.05) is 0 Å². The van der Waals surface area contributed by atoms with Crippen molar-refractivity contribution < 1.29 is 9.47 Å². The number of hydrogen-bond acceptors (Lipinski definition) is 3. The summed E-state index contributed by atoms with van der Waals surface area (Å²) in [5, 5.41) is 3.35. The maximum absolute atomic E-state index is 6.29. The molecule has 19 heavy (non-hydrogen) atoms. The molecule has 1 aliphatic carbocycles. The van der Waals surface area contributed by atoms with E-state index in [0.717, 1.165) is 32.5 Å². The van der Waals surface area contributed by atoms with E-state index >= 15 is 0 Å². The minimum Gasteiger partial charge on any atom is -0.383 e. The second-order valence-corrected chi connectivity index (χ2v) is 5.91. The first-order valence-corrected chi connectivity index (χ1v) is 7.87. The van der Waals surface area contributed by atoms with E-state index in [4.69, 9.17) is 9.47 Å². The van der Waals surface area contributed by atoms with E-state index in [2.05, 4.69) is 17.5 Å². The molecule has 0 bridgehead atoms. The average molecular weight is 267 g/mol. The van der Waals surface area contributed by atoms with Crippen molar-refractivity contribution in [2.45, 2.75) is 63.1 Å². The Bertz CT molecular complexity index is 272. The first-order chi connectivity index (χ1) is 9.35. The van der Waals surface area contributed by atoms with Crippen LogP contribution in [0.5, 0.6) is 0 Å². The average Bonchev–Trinajstić information content (AvgIpc) is 3.04. The lowest BCUT2D eigenvalue weighted by Gasteiger charge is -2.23. The maximum Gasteiger partial charge on any atom is 0.0687 e. The molecule has 0 aromatic carbocycles. The van der Waals surface area contributed by atoms with Gasteiger partial charge in [-0.1, -0.05) is 25.0 Å². The third-order valence-corrected chi connectivity index (χ3v) is 4.39. The van der Waals surface area contributed by atoms with E-state index in [1.165, 1.54) is 38.5 Å². The molecule has 0 aromatic rings. The van der Waals surface area contributed by atoms with Gasteiger partial charge in [0, 0.05) is 13.7 Å². The Morgan fingerprint density at radius 2 is 2.05 bits per heavy atom. The Hall–Kier alpha value is -0.380. The van der Waals surface area contributed by atoms with Crippen molar-refractivity contribution in [3.8, 4) is 0 Å². The van der Waals surface area contributed by atoms with Gasteiger partial charge in [0.15, 0.2) is 0 Å². The molecule has 0 amide bonds. The zero-order chi connectivity index (χ0) is 13.4. The lowest BCUT2D eigenvalue weighted by Crippen LogP contribution is -2.24. The molecule has 1 N–H and O–H groups in total. The highest BCUT2D eigenvalue weighted by molar-refractivity contribution is 4.95. The van der Waals surface area contributed by atoms with Crippen LogP contribution in [0.2, 0.25) is 0 Å². The Morgan fingerprint density at radius 1 is 1.21 bits per heavy atom. The summed E-state index contributed by atoms with van der Waals surface area (Å²) in [5.74, 6) is 0. The number of nitrogens with one attached hydrogen (secondary N) is 1. The molecule has 2 aliphatic rings. The molecule has 0 aromatic heterocycles. The Balaban J connectivity index is 1.51. The van der Waals surface area contributed by atoms with Gasteiger partial charge >= 0.3 is 0 Å². The quantitative estimate of drug-likeness (QED) is 0.541. The number of methoxy groups -OCH3 is 1. The highest BCUT2D eigenvalue weighted by atomic mass is 16.5. The second kappa shape index (κ2) is 8.03. The van der Waals surface area contributed by atoms with Gasteiger partial charge in [-0.2, -0.15) is 0 Å². The summed E-state index contributed by atoms with van der Waals surface area (Å²) in [6.45, 7) is 2.77. The van der Waals surface area contributed by atoms with E-state index in [-0.39, 0.29) is 0 Å². The third kappa shape index (κ3) is 4.90. The molecule has 1 aliphatic heterocycles. The first kappa shape index (κ1) is 15.0. The Kier molecular flexibility index (Phi) is 6.35. The summed E-state index contributed by atoms with van der Waals surface area (Å²) in [5.41, 5.74) is 0.292. The number of ether oxygens (including phenoxy) is 2. The minimum absolute atomic E-state index is 0.292. The molecule has 0 radical (unpaired) electrons. The van der Waals surface area contributed by atoms with Crippen LogP contribution >= 0.6 is 0 Å². The standard InChI is InChI=1S/C16H29NO2/c1-18-14-13-17-12-6-2-3-7-15-8-11-16(19-15)9-4-5-10-16/h2-3,15,17H,4-14H2,1H3/b3-2+. The summed E-state index contributed by atoms with van der Waals surface area (Å²) in [7, 11) is 1.74. The van der Waals surface area contributed by atoms with Crippen LogP contribution in [0.25, 0.3) is 0 Å². The molecule has 2 fully saturated rings. The summed E-state index contributed by atoms with van der Waals surface area (Å²) < 4.78 is 11.3. The summed E-state index contributed by atoms with van der Waals surface area (Å²) in [6, 6.07) is 0. The van der Waals surface area contributed by atoms with Gasteiger partial charge in [0.25, 0.3) is 0 Å². The fourth-order valence-electron chi connectivity index (χ4n) is 3.30. The van der Waals surface area contributed by atoms with Gasteiger partial charge in [-0.05, 0) is 45.1 Å². The lowest BCUT2D eigenvalue weighted by atomic mass is 9.98. The maximum atomic E-state index is 6.29. The fraction of sp³-hybridized carbons (Fsp3) is 0.875. The van der Waals surface area contributed by atoms with Gasteiger partial charge in [-0.15, -0.1) is 0 Å². The summed E-state index contributed by atoms with van der Waals surface area (Å²) in [6.07, 6.45) is 15.2. The van der Waals surface area contributed by atoms with E-state index < -0.39 is 0 Å². The van der Waals surface area contributed by atoms with Crippen molar-refractivity contribution in [1.29, 1.82) is 0 Å². The molecular formula is C16H29NO2. The SMILES string of the molecule is COCCNCC/C=C/CC1CCC2(CCCC2)O1. The van der Waals surface area contributed by atoms with Crippen molar-refractivity contribution in [2.24, 2.45) is 0 Å². The van der Waals surface area contributed by atoms with E-state index in [0.29, 0.717) is 11.7 Å². The molecule has 1 saturated carbocycles. The molecule has 1 unspecified atom stereocenters. The molecule has 1 heterocycles. The van der Waals surface area contributed by atoms with Crippen LogP contribution in [0.4, 0.5) is 0 Å². The van der Waals surface area contributed by atoms with Crippen LogP contribution in [0.3, 0.4) is 0 Å². The van der Waals surface area contributed by atoms with Crippen molar-refractivity contribution in [1.82, 2.24) is 5.32 Å². The van der Waals surface area contributed by atoms with Crippen LogP contribution in [0.15, 0.2) is 12.2 Å². The summed E-state index contributed by atoms with van der Waals surface area (Å²) >= 11 is 0. The molecule has 1 saturated heterocycles. The van der Waals surface area contributed by atoms with E-state index in [9.17, 15) is 0 Å². The van der Waals surface area contributed by atoms with E-state index in [1.54, 1.807) is 7.11 Å². The number of hydrogen-bond donors (Lipinski definition) is 1. The van der Waals surface area contributed by atoms with Gasteiger partial charge in [0.05, 0.1) is 18.3 Å². The third-order valence-electron chi connectivity index (χ3n) is 4.39. The molecular weight excluding hydrogens is 238 g/mol. The van der Waals surface area contributed by atoms with Crippen molar-refractivity contribution in [2.75, 3.05) is 26.8 Å². The predicted molar refractivity (Wildman–Crippen MR) is 78.4 cm³/mol. The molecule has 2 rings (SSSR count). The smallest absolute Gasteiger partial charge is 0.0687 e.